The van der Waals surface area contributed by atoms with E-state index in [0.29, 0.717) is 0 Å². The van der Waals surface area contributed by atoms with E-state index in [0.717, 1.165) is 0 Å². The van der Waals surface area contributed by atoms with Crippen LogP contribution in [0, 0.1) is 0 Å². The molecular weight excluding hydrogens is 203 g/mol. The Morgan fingerprint density at radius 3 is 1.67 bits per heavy atom. The zero-order valence-corrected chi connectivity index (χ0v) is 6.00. The molecule has 0 amide bonds. The van der Waals surface area contributed by atoms with Crippen LogP contribution in [0.1, 0.15) is 0 Å². The summed E-state index contributed by atoms with van der Waals surface area (Å²) < 4.78 is 47.6. The van der Waals surface area contributed by atoms with Crippen molar-refractivity contribution in [2.45, 2.75) is 0 Å². The average molecular weight is 205 g/mol. The minimum Gasteiger partial charge on any atom is -0.476 e. The van der Waals surface area contributed by atoms with Gasteiger partial charge in [0, 0.05) is 0 Å². The van der Waals surface area contributed by atoms with Gasteiger partial charge in [-0.3, -0.25) is 0 Å². The minimum atomic E-state index is -2.48. The van der Waals surface area contributed by atoms with Crippen molar-refractivity contribution in [3.63, 3.8) is 0 Å². The number of hydrogen-bond acceptors (Lipinski definition) is 1. The molecule has 0 fully saturated rings. The molecule has 12 heavy (non-hydrogen) atoms. The Labute approximate surface area is 68.7 Å². The minimum absolute atomic E-state index is 2.15. The summed E-state index contributed by atoms with van der Waals surface area (Å²) in [5.41, 5.74) is 0. The molecule has 0 aliphatic rings. The van der Waals surface area contributed by atoms with E-state index in [2.05, 4.69) is 11.6 Å². The van der Waals surface area contributed by atoms with Crippen molar-refractivity contribution in [1.82, 2.24) is 0 Å². The highest BCUT2D eigenvalue weighted by atomic mass is 35.5. The van der Waals surface area contributed by atoms with Crippen LogP contribution in [-0.2, 0) is 4.79 Å². The van der Waals surface area contributed by atoms with Crippen molar-refractivity contribution in [3.05, 3.63) is 22.8 Å². The SMILES string of the molecule is O=C(O)/C(F)=C(F)/C(F)=C(\F)Cl. The zero-order chi connectivity index (χ0) is 9.89. The topological polar surface area (TPSA) is 37.3 Å². The van der Waals surface area contributed by atoms with Gasteiger partial charge in [-0.2, -0.15) is 13.2 Å². The molecule has 68 valence electrons. The molecule has 1 N–H and O–H groups in total. The van der Waals surface area contributed by atoms with Crippen LogP contribution in [-0.4, -0.2) is 11.1 Å². The second-order valence-electron chi connectivity index (χ2n) is 1.51. The molecule has 7 heteroatoms. The van der Waals surface area contributed by atoms with Crippen molar-refractivity contribution in [2.24, 2.45) is 0 Å². The summed E-state index contributed by atoms with van der Waals surface area (Å²) in [6.45, 7) is 0. The van der Waals surface area contributed by atoms with Crippen molar-refractivity contribution in [2.75, 3.05) is 0 Å². The van der Waals surface area contributed by atoms with Gasteiger partial charge in [0.25, 0.3) is 0 Å². The highest BCUT2D eigenvalue weighted by Gasteiger charge is 2.20. The summed E-state index contributed by atoms with van der Waals surface area (Å²) in [4.78, 5) is 9.64. The molecule has 0 aromatic rings. The predicted octanol–water partition coefficient (Wildman–Crippen LogP) is 2.57. The Hall–Kier alpha value is -1.04. The average Bonchev–Trinajstić information content (AvgIpc) is 2.00. The molecular formula is C5HClF4O2. The molecule has 0 heterocycles. The summed E-state index contributed by atoms with van der Waals surface area (Å²) in [6, 6.07) is 0. The van der Waals surface area contributed by atoms with Crippen LogP contribution in [0.3, 0.4) is 0 Å². The molecule has 0 aromatic heterocycles. The fourth-order valence-electron chi connectivity index (χ4n) is 0.273. The van der Waals surface area contributed by atoms with Crippen LogP contribution in [0.2, 0.25) is 0 Å². The normalized spacial score (nSPS) is 15.1. The molecule has 0 aromatic carbocycles. The van der Waals surface area contributed by atoms with Gasteiger partial charge >= 0.3 is 5.97 Å². The summed E-state index contributed by atoms with van der Waals surface area (Å²) in [5, 5.41) is 5.61. The fraction of sp³-hybridized carbons (Fsp3) is 0. The first-order valence-electron chi connectivity index (χ1n) is 2.37. The molecule has 0 saturated carbocycles. The smallest absolute Gasteiger partial charge is 0.367 e. The van der Waals surface area contributed by atoms with E-state index in [4.69, 9.17) is 5.11 Å². The van der Waals surface area contributed by atoms with Crippen LogP contribution in [0.4, 0.5) is 17.6 Å². The Morgan fingerprint density at radius 1 is 1.00 bits per heavy atom. The van der Waals surface area contributed by atoms with E-state index < -0.39 is 28.7 Å². The maximum atomic E-state index is 12.1. The quantitative estimate of drug-likeness (QED) is 0.426. The lowest BCUT2D eigenvalue weighted by atomic mass is 10.4. The second-order valence-corrected chi connectivity index (χ2v) is 1.84. The van der Waals surface area contributed by atoms with Gasteiger partial charge in [0.05, 0.1) is 0 Å². The van der Waals surface area contributed by atoms with Crippen molar-refractivity contribution < 1.29 is 27.5 Å². The third-order valence-electron chi connectivity index (χ3n) is 0.739. The van der Waals surface area contributed by atoms with E-state index in [9.17, 15) is 22.4 Å². The van der Waals surface area contributed by atoms with Gasteiger partial charge in [-0.25, -0.2) is 9.18 Å². The van der Waals surface area contributed by atoms with Crippen LogP contribution in [0.15, 0.2) is 22.8 Å². The summed E-state index contributed by atoms with van der Waals surface area (Å²) in [7, 11) is 0. The van der Waals surface area contributed by atoms with Gasteiger partial charge in [-0.15, -0.1) is 0 Å². The van der Waals surface area contributed by atoms with Gasteiger partial charge in [0.1, 0.15) is 0 Å². The van der Waals surface area contributed by atoms with Crippen molar-refractivity contribution >= 4 is 17.6 Å². The highest BCUT2D eigenvalue weighted by Crippen LogP contribution is 2.24. The Bertz CT molecular complexity index is 267. The van der Waals surface area contributed by atoms with Gasteiger partial charge in [-0.05, 0) is 11.6 Å². The van der Waals surface area contributed by atoms with Crippen LogP contribution in [0.5, 0.6) is 0 Å². The molecule has 0 bridgehead atoms. The molecule has 0 unspecified atom stereocenters. The Kier molecular flexibility index (Phi) is 3.75. The number of allylic oxidation sites excluding steroid dienone is 2. The summed E-state index contributed by atoms with van der Waals surface area (Å²) >= 11 is 4.28. The monoisotopic (exact) mass is 204 g/mol. The summed E-state index contributed by atoms with van der Waals surface area (Å²) in [5.74, 6) is -9.64. The van der Waals surface area contributed by atoms with Gasteiger partial charge in [0.15, 0.2) is 0 Å². The fourth-order valence-corrected chi connectivity index (χ4v) is 0.356. The molecule has 0 saturated heterocycles. The maximum absolute atomic E-state index is 12.1. The zero-order valence-electron chi connectivity index (χ0n) is 5.25. The van der Waals surface area contributed by atoms with E-state index in [1.165, 1.54) is 0 Å². The third-order valence-corrected chi connectivity index (χ3v) is 0.905. The number of halogens is 5. The Morgan fingerprint density at radius 2 is 1.42 bits per heavy atom. The van der Waals surface area contributed by atoms with Gasteiger partial charge < -0.3 is 5.11 Å². The molecule has 0 aliphatic heterocycles. The lowest BCUT2D eigenvalue weighted by Gasteiger charge is -1.92. The number of carbonyl (C=O) groups is 1. The largest absolute Gasteiger partial charge is 0.476 e. The van der Waals surface area contributed by atoms with E-state index in [1.54, 1.807) is 0 Å². The number of rotatable bonds is 2. The molecule has 0 radical (unpaired) electrons. The van der Waals surface area contributed by atoms with Crippen LogP contribution < -0.4 is 0 Å². The molecule has 0 atom stereocenters. The van der Waals surface area contributed by atoms with Gasteiger partial charge in [-0.1, -0.05) is 0 Å². The Balaban J connectivity index is 5.06. The third kappa shape index (κ3) is 2.54. The van der Waals surface area contributed by atoms with Crippen LogP contribution in [0.25, 0.3) is 0 Å². The standard InChI is InChI=1S/C5HClF4O2/c6-4(10)2(8)1(7)3(9)5(11)12/h(H,11,12)/b3-1+,4-2+. The molecule has 0 spiro atoms. The lowest BCUT2D eigenvalue weighted by Crippen LogP contribution is -1.98. The first-order chi connectivity index (χ1) is 5.37. The second kappa shape index (κ2) is 4.10. The first-order valence-corrected chi connectivity index (χ1v) is 2.75. The van der Waals surface area contributed by atoms with Gasteiger partial charge in [0.2, 0.25) is 22.8 Å². The number of carboxylic acids is 1. The first kappa shape index (κ1) is 11.0. The molecule has 2 nitrogen and oxygen atoms in total. The number of hydrogen-bond donors (Lipinski definition) is 1. The summed E-state index contributed by atoms with van der Waals surface area (Å²) in [6.07, 6.45) is 0. The van der Waals surface area contributed by atoms with Crippen molar-refractivity contribution in [1.29, 1.82) is 0 Å². The van der Waals surface area contributed by atoms with Crippen LogP contribution >= 0.6 is 11.6 Å². The van der Waals surface area contributed by atoms with E-state index in [-0.39, 0.29) is 0 Å². The van der Waals surface area contributed by atoms with E-state index >= 15 is 0 Å². The van der Waals surface area contributed by atoms with Crippen molar-refractivity contribution in [3.8, 4) is 0 Å². The van der Waals surface area contributed by atoms with E-state index in [1.807, 2.05) is 0 Å². The molecule has 0 aliphatic carbocycles. The number of aliphatic carboxylic acids is 1. The number of carboxylic acid groups (broad SMARTS) is 1. The predicted molar refractivity (Wildman–Crippen MR) is 32.0 cm³/mol. The maximum Gasteiger partial charge on any atom is 0.367 e. The highest BCUT2D eigenvalue weighted by molar-refractivity contribution is 6.28. The molecule has 0 rings (SSSR count). The lowest BCUT2D eigenvalue weighted by molar-refractivity contribution is -0.134.